The third kappa shape index (κ3) is 7.05. The summed E-state index contributed by atoms with van der Waals surface area (Å²) in [5.74, 6) is -2.33. The molecule has 0 bridgehead atoms. The van der Waals surface area contributed by atoms with Crippen molar-refractivity contribution in [3.8, 4) is 0 Å². The molecule has 4 nitrogen and oxygen atoms in total. The predicted octanol–water partition coefficient (Wildman–Crippen LogP) is 1.52. The molecule has 0 aromatic heterocycles. The Hall–Kier alpha value is -1.32. The van der Waals surface area contributed by atoms with Gasteiger partial charge in [-0.2, -0.15) is 0 Å². The minimum Gasteiger partial charge on any atom is -0.481 e. The van der Waals surface area contributed by atoms with Gasteiger partial charge in [0.1, 0.15) is 0 Å². The smallest absolute Gasteiger partial charge is 0.303 e. The van der Waals surface area contributed by atoms with Crippen LogP contribution in [0, 0.1) is 5.92 Å². The van der Waals surface area contributed by atoms with Crippen molar-refractivity contribution in [1.29, 1.82) is 0 Å². The van der Waals surface area contributed by atoms with Gasteiger partial charge in [-0.3, -0.25) is 9.59 Å². The minimum absolute atomic E-state index is 0.122. The second kappa shape index (κ2) is 6.22. The molecule has 4 heteroatoms. The van der Waals surface area contributed by atoms with Crippen LogP contribution in [-0.2, 0) is 9.59 Å². The molecule has 13 heavy (non-hydrogen) atoms. The highest BCUT2D eigenvalue weighted by molar-refractivity contribution is 5.71. The first-order chi connectivity index (χ1) is 6.06. The second-order valence-corrected chi connectivity index (χ2v) is 2.79. The number of carboxylic acid groups (broad SMARTS) is 2. The Morgan fingerprint density at radius 2 is 1.69 bits per heavy atom. The predicted molar refractivity (Wildman–Crippen MR) is 47.4 cm³/mol. The van der Waals surface area contributed by atoms with Gasteiger partial charge in [0.05, 0.1) is 12.8 Å². The van der Waals surface area contributed by atoms with Crippen molar-refractivity contribution in [3.05, 3.63) is 12.2 Å². The van der Waals surface area contributed by atoms with E-state index in [1.165, 1.54) is 0 Å². The molecule has 0 saturated heterocycles. The zero-order valence-electron chi connectivity index (χ0n) is 7.56. The van der Waals surface area contributed by atoms with Crippen LogP contribution in [0.5, 0.6) is 0 Å². The lowest BCUT2D eigenvalue weighted by molar-refractivity contribution is -0.139. The van der Waals surface area contributed by atoms with Crippen LogP contribution in [-0.4, -0.2) is 22.2 Å². The fraction of sp³-hybridized carbons (Fsp3) is 0.556. The van der Waals surface area contributed by atoms with Crippen molar-refractivity contribution in [3.63, 3.8) is 0 Å². The molecule has 0 fully saturated rings. The Morgan fingerprint density at radius 1 is 1.23 bits per heavy atom. The molecule has 0 aromatic carbocycles. The van der Waals surface area contributed by atoms with E-state index in [0.29, 0.717) is 0 Å². The highest BCUT2D eigenvalue weighted by Crippen LogP contribution is 2.10. The van der Waals surface area contributed by atoms with Crippen molar-refractivity contribution < 1.29 is 19.8 Å². The zero-order chi connectivity index (χ0) is 10.3. The molecule has 0 aliphatic carbocycles. The number of allylic oxidation sites excluding steroid dienone is 2. The van der Waals surface area contributed by atoms with Crippen LogP contribution in [0.15, 0.2) is 12.2 Å². The molecule has 0 saturated carbocycles. The normalized spacial score (nSPS) is 10.9. The third-order valence-electron chi connectivity index (χ3n) is 1.52. The van der Waals surface area contributed by atoms with Crippen LogP contribution < -0.4 is 0 Å². The fourth-order valence-electron chi connectivity index (χ4n) is 0.985. The van der Waals surface area contributed by atoms with E-state index in [4.69, 9.17) is 10.2 Å². The molecular weight excluding hydrogens is 172 g/mol. The molecule has 0 radical (unpaired) electrons. The summed E-state index contributed by atoms with van der Waals surface area (Å²) >= 11 is 0. The Morgan fingerprint density at radius 3 is 2.00 bits per heavy atom. The number of carboxylic acids is 2. The highest BCUT2D eigenvalue weighted by Gasteiger charge is 2.13. The lowest BCUT2D eigenvalue weighted by atomic mass is 10.0. The molecule has 0 aromatic rings. The average Bonchev–Trinajstić information content (AvgIpc) is 1.98. The van der Waals surface area contributed by atoms with Crippen molar-refractivity contribution in [2.24, 2.45) is 5.92 Å². The van der Waals surface area contributed by atoms with E-state index >= 15 is 0 Å². The summed E-state index contributed by atoms with van der Waals surface area (Å²) in [7, 11) is 0. The Kier molecular flexibility index (Phi) is 5.59. The molecule has 0 aliphatic heterocycles. The summed E-state index contributed by atoms with van der Waals surface area (Å²) < 4.78 is 0. The van der Waals surface area contributed by atoms with Crippen molar-refractivity contribution in [1.82, 2.24) is 0 Å². The molecule has 0 unspecified atom stereocenters. The third-order valence-corrected chi connectivity index (χ3v) is 1.52. The van der Waals surface area contributed by atoms with Crippen molar-refractivity contribution >= 4 is 11.9 Å². The summed E-state index contributed by atoms with van der Waals surface area (Å²) in [6.45, 7) is 1.91. The second-order valence-electron chi connectivity index (χ2n) is 2.79. The minimum atomic E-state index is -0.966. The molecule has 74 valence electrons. The molecule has 2 N–H and O–H groups in total. The van der Waals surface area contributed by atoms with Gasteiger partial charge < -0.3 is 10.2 Å². The van der Waals surface area contributed by atoms with E-state index in [0.717, 1.165) is 6.42 Å². The van der Waals surface area contributed by atoms with Crippen molar-refractivity contribution in [2.45, 2.75) is 26.2 Å². The van der Waals surface area contributed by atoms with Gasteiger partial charge >= 0.3 is 11.9 Å². The molecule has 0 heterocycles. The maximum absolute atomic E-state index is 10.3. The number of hydrogen-bond acceptors (Lipinski definition) is 2. The SMILES string of the molecule is CC/C=C/C(CC(=O)O)CC(=O)O. The van der Waals surface area contributed by atoms with Gasteiger partial charge in [0.15, 0.2) is 0 Å². The maximum Gasteiger partial charge on any atom is 0.303 e. The van der Waals surface area contributed by atoms with Gasteiger partial charge in [-0.15, -0.1) is 0 Å². The number of aliphatic carboxylic acids is 2. The average molecular weight is 186 g/mol. The van der Waals surface area contributed by atoms with Gasteiger partial charge in [-0.05, 0) is 12.3 Å². The van der Waals surface area contributed by atoms with Crippen LogP contribution in [0.1, 0.15) is 26.2 Å². The summed E-state index contributed by atoms with van der Waals surface area (Å²) in [5.41, 5.74) is 0. The van der Waals surface area contributed by atoms with E-state index in [-0.39, 0.29) is 12.8 Å². The Bertz CT molecular complexity index is 192. The summed E-state index contributed by atoms with van der Waals surface area (Å²) in [6.07, 6.45) is 3.99. The number of hydrogen-bond donors (Lipinski definition) is 2. The van der Waals surface area contributed by atoms with Crippen LogP contribution in [0.3, 0.4) is 0 Å². The topological polar surface area (TPSA) is 74.6 Å². The summed E-state index contributed by atoms with van der Waals surface area (Å²) in [6, 6.07) is 0. The molecule has 0 atom stereocenters. The van der Waals surface area contributed by atoms with E-state index in [2.05, 4.69) is 0 Å². The summed E-state index contributed by atoms with van der Waals surface area (Å²) in [4.78, 5) is 20.7. The van der Waals surface area contributed by atoms with Gasteiger partial charge in [-0.25, -0.2) is 0 Å². The van der Waals surface area contributed by atoms with E-state index in [9.17, 15) is 9.59 Å². The first-order valence-corrected chi connectivity index (χ1v) is 4.16. The van der Waals surface area contributed by atoms with Crippen LogP contribution in [0.2, 0.25) is 0 Å². The number of carbonyl (C=O) groups is 2. The summed E-state index contributed by atoms with van der Waals surface area (Å²) in [5, 5.41) is 16.9. The van der Waals surface area contributed by atoms with Gasteiger partial charge in [-0.1, -0.05) is 19.1 Å². The van der Waals surface area contributed by atoms with Crippen LogP contribution in [0.4, 0.5) is 0 Å². The fourth-order valence-corrected chi connectivity index (χ4v) is 0.985. The largest absolute Gasteiger partial charge is 0.481 e. The Balaban J connectivity index is 4.10. The van der Waals surface area contributed by atoms with Gasteiger partial charge in [0, 0.05) is 0 Å². The first kappa shape index (κ1) is 11.7. The number of rotatable bonds is 6. The maximum atomic E-state index is 10.3. The molecule has 0 aliphatic rings. The molecule has 0 rings (SSSR count). The molecule has 0 spiro atoms. The van der Waals surface area contributed by atoms with Gasteiger partial charge in [0.25, 0.3) is 0 Å². The zero-order valence-corrected chi connectivity index (χ0v) is 7.56. The van der Waals surface area contributed by atoms with E-state index in [1.54, 1.807) is 12.2 Å². The van der Waals surface area contributed by atoms with Crippen molar-refractivity contribution in [2.75, 3.05) is 0 Å². The Labute approximate surface area is 76.9 Å². The van der Waals surface area contributed by atoms with E-state index < -0.39 is 17.9 Å². The standard InChI is InChI=1S/C9H14O4/c1-2-3-4-7(5-8(10)11)6-9(12)13/h3-4,7H,2,5-6H2,1H3,(H,10,11)(H,12,13)/b4-3+. The lowest BCUT2D eigenvalue weighted by Gasteiger charge is -2.05. The molecule has 0 amide bonds. The monoisotopic (exact) mass is 186 g/mol. The van der Waals surface area contributed by atoms with E-state index in [1.807, 2.05) is 6.92 Å². The molecular formula is C9H14O4. The first-order valence-electron chi connectivity index (χ1n) is 4.16. The highest BCUT2D eigenvalue weighted by atomic mass is 16.4. The van der Waals surface area contributed by atoms with Gasteiger partial charge in [0.2, 0.25) is 0 Å². The quantitative estimate of drug-likeness (QED) is 0.616. The lowest BCUT2D eigenvalue weighted by Crippen LogP contribution is -2.10. The van der Waals surface area contributed by atoms with Crippen LogP contribution in [0.25, 0.3) is 0 Å². The van der Waals surface area contributed by atoms with Crippen LogP contribution >= 0.6 is 0 Å².